The second kappa shape index (κ2) is 8.72. The van der Waals surface area contributed by atoms with Gasteiger partial charge in [-0.25, -0.2) is 4.98 Å². The third-order valence-electron chi connectivity index (χ3n) is 5.01. The van der Waals surface area contributed by atoms with Crippen molar-refractivity contribution in [3.63, 3.8) is 0 Å². The number of aromatic nitrogens is 2. The molecule has 2 aromatic heterocycles. The van der Waals surface area contributed by atoms with E-state index >= 15 is 0 Å². The summed E-state index contributed by atoms with van der Waals surface area (Å²) in [5, 5.41) is 7.56. The van der Waals surface area contributed by atoms with Crippen LogP contribution in [-0.4, -0.2) is 40.4 Å². The molecule has 0 spiro atoms. The molecule has 0 fully saturated rings. The Morgan fingerprint density at radius 1 is 1.03 bits per heavy atom. The standard InChI is InChI=1S/C24H22ClN5O2/c1-29(2)24(32)15-6-4-8-17(12-15)28-23(31)20-14-26-22(19-10-11-30(3)21(19)20)27-18-9-5-7-16(25)13-18/h4-14H,1-3H3,(H,26,27)(H,28,31). The van der Waals surface area contributed by atoms with Crippen molar-refractivity contribution in [2.45, 2.75) is 0 Å². The highest BCUT2D eigenvalue weighted by Gasteiger charge is 2.18. The van der Waals surface area contributed by atoms with Gasteiger partial charge in [0, 0.05) is 60.9 Å². The fourth-order valence-corrected chi connectivity index (χ4v) is 3.66. The van der Waals surface area contributed by atoms with Gasteiger partial charge in [0.1, 0.15) is 5.82 Å². The molecule has 0 radical (unpaired) electrons. The molecule has 0 aliphatic carbocycles. The molecule has 2 aromatic carbocycles. The summed E-state index contributed by atoms with van der Waals surface area (Å²) < 4.78 is 1.88. The lowest BCUT2D eigenvalue weighted by Gasteiger charge is -2.13. The molecule has 4 rings (SSSR count). The number of halogens is 1. The molecule has 0 atom stereocenters. The summed E-state index contributed by atoms with van der Waals surface area (Å²) in [5.41, 5.74) is 2.99. The summed E-state index contributed by atoms with van der Waals surface area (Å²) in [5.74, 6) is 0.176. The molecule has 2 heterocycles. The average molecular weight is 448 g/mol. The lowest BCUT2D eigenvalue weighted by Crippen LogP contribution is -2.22. The van der Waals surface area contributed by atoms with Gasteiger partial charge in [-0.1, -0.05) is 23.7 Å². The van der Waals surface area contributed by atoms with Gasteiger partial charge in [-0.15, -0.1) is 0 Å². The molecule has 0 aliphatic heterocycles. The van der Waals surface area contributed by atoms with Crippen molar-refractivity contribution in [3.05, 3.63) is 83.1 Å². The van der Waals surface area contributed by atoms with Gasteiger partial charge in [0.2, 0.25) is 0 Å². The molecule has 0 saturated carbocycles. The molecule has 2 amide bonds. The topological polar surface area (TPSA) is 79.3 Å². The summed E-state index contributed by atoms with van der Waals surface area (Å²) in [6, 6.07) is 16.1. The zero-order valence-corrected chi connectivity index (χ0v) is 18.6. The third-order valence-corrected chi connectivity index (χ3v) is 5.25. The van der Waals surface area contributed by atoms with Crippen molar-refractivity contribution in [1.82, 2.24) is 14.5 Å². The number of nitrogens with zero attached hydrogens (tertiary/aromatic N) is 3. The number of anilines is 3. The molecular formula is C24H22ClN5O2. The number of aryl methyl sites for hydroxylation is 1. The number of carbonyl (C=O) groups excluding carboxylic acids is 2. The van der Waals surface area contributed by atoms with Gasteiger partial charge in [0.05, 0.1) is 11.1 Å². The van der Waals surface area contributed by atoms with Crippen LogP contribution in [0.1, 0.15) is 20.7 Å². The number of rotatable bonds is 5. The summed E-state index contributed by atoms with van der Waals surface area (Å²) in [6.07, 6.45) is 3.42. The van der Waals surface area contributed by atoms with Crippen LogP contribution in [-0.2, 0) is 7.05 Å². The molecule has 8 heteroatoms. The van der Waals surface area contributed by atoms with E-state index < -0.39 is 0 Å². The highest BCUT2D eigenvalue weighted by molar-refractivity contribution is 6.30. The number of pyridine rings is 1. The molecule has 0 bridgehead atoms. The van der Waals surface area contributed by atoms with Crippen LogP contribution in [0.5, 0.6) is 0 Å². The van der Waals surface area contributed by atoms with E-state index in [4.69, 9.17) is 11.6 Å². The van der Waals surface area contributed by atoms with Crippen LogP contribution in [0, 0.1) is 0 Å². The van der Waals surface area contributed by atoms with E-state index in [0.717, 1.165) is 16.6 Å². The first-order valence-corrected chi connectivity index (χ1v) is 10.3. The number of hydrogen-bond acceptors (Lipinski definition) is 4. The number of fused-ring (bicyclic) bond motifs is 1. The van der Waals surface area contributed by atoms with E-state index in [2.05, 4.69) is 15.6 Å². The lowest BCUT2D eigenvalue weighted by molar-refractivity contribution is 0.0827. The maximum atomic E-state index is 13.1. The zero-order valence-electron chi connectivity index (χ0n) is 17.9. The maximum absolute atomic E-state index is 13.1. The Bertz CT molecular complexity index is 1330. The van der Waals surface area contributed by atoms with Crippen molar-refractivity contribution < 1.29 is 9.59 Å². The second-order valence-electron chi connectivity index (χ2n) is 7.58. The van der Waals surface area contributed by atoms with Crippen LogP contribution in [0.3, 0.4) is 0 Å². The lowest BCUT2D eigenvalue weighted by atomic mass is 10.1. The van der Waals surface area contributed by atoms with Crippen LogP contribution in [0.4, 0.5) is 17.2 Å². The summed E-state index contributed by atoms with van der Waals surface area (Å²) in [4.78, 5) is 31.3. The van der Waals surface area contributed by atoms with E-state index in [1.165, 1.54) is 4.90 Å². The van der Waals surface area contributed by atoms with Gasteiger partial charge in [-0.2, -0.15) is 0 Å². The molecule has 7 nitrogen and oxygen atoms in total. The minimum absolute atomic E-state index is 0.135. The molecule has 162 valence electrons. The molecule has 4 aromatic rings. The van der Waals surface area contributed by atoms with Crippen LogP contribution in [0.25, 0.3) is 10.9 Å². The Kier molecular flexibility index (Phi) is 5.83. The molecule has 0 unspecified atom stereocenters. The number of amides is 2. The summed E-state index contributed by atoms with van der Waals surface area (Å²) >= 11 is 6.08. The predicted octanol–water partition coefficient (Wildman–Crippen LogP) is 4.92. The molecule has 2 N–H and O–H groups in total. The SMILES string of the molecule is CN(C)C(=O)c1cccc(NC(=O)c2cnc(Nc3cccc(Cl)c3)c3ccn(C)c23)c1. The largest absolute Gasteiger partial charge is 0.350 e. The van der Waals surface area contributed by atoms with E-state index in [9.17, 15) is 9.59 Å². The van der Waals surface area contributed by atoms with Gasteiger partial charge >= 0.3 is 0 Å². The summed E-state index contributed by atoms with van der Waals surface area (Å²) in [6.45, 7) is 0. The maximum Gasteiger partial charge on any atom is 0.259 e. The second-order valence-corrected chi connectivity index (χ2v) is 8.02. The fraction of sp³-hybridized carbons (Fsp3) is 0.125. The first-order chi connectivity index (χ1) is 15.3. The van der Waals surface area contributed by atoms with Crippen LogP contribution in [0.2, 0.25) is 5.02 Å². The van der Waals surface area contributed by atoms with Crippen LogP contribution < -0.4 is 10.6 Å². The third kappa shape index (κ3) is 4.29. The van der Waals surface area contributed by atoms with Gasteiger partial charge in [0.15, 0.2) is 0 Å². The molecule has 0 saturated heterocycles. The Morgan fingerprint density at radius 2 is 1.78 bits per heavy atom. The molecule has 32 heavy (non-hydrogen) atoms. The monoisotopic (exact) mass is 447 g/mol. The predicted molar refractivity (Wildman–Crippen MR) is 128 cm³/mol. The number of benzene rings is 2. The van der Waals surface area contributed by atoms with Crippen molar-refractivity contribution >= 4 is 51.5 Å². The van der Waals surface area contributed by atoms with E-state index in [0.29, 0.717) is 27.7 Å². The Labute approximate surface area is 190 Å². The fourth-order valence-electron chi connectivity index (χ4n) is 3.47. The number of hydrogen-bond donors (Lipinski definition) is 2. The van der Waals surface area contributed by atoms with Crippen molar-refractivity contribution in [2.24, 2.45) is 7.05 Å². The zero-order chi connectivity index (χ0) is 22.8. The van der Waals surface area contributed by atoms with Gasteiger partial charge < -0.3 is 20.1 Å². The van der Waals surface area contributed by atoms with Gasteiger partial charge in [0.25, 0.3) is 11.8 Å². The first kappa shape index (κ1) is 21.4. The highest BCUT2D eigenvalue weighted by Crippen LogP contribution is 2.29. The Morgan fingerprint density at radius 3 is 2.53 bits per heavy atom. The highest BCUT2D eigenvalue weighted by atomic mass is 35.5. The Balaban J connectivity index is 1.65. The van der Waals surface area contributed by atoms with Gasteiger partial charge in [-0.05, 0) is 42.5 Å². The Hall–Kier alpha value is -3.84. The first-order valence-electron chi connectivity index (χ1n) is 9.93. The number of carbonyl (C=O) groups is 2. The summed E-state index contributed by atoms with van der Waals surface area (Å²) in [7, 11) is 5.24. The van der Waals surface area contributed by atoms with Crippen molar-refractivity contribution in [3.8, 4) is 0 Å². The molecule has 0 aliphatic rings. The van der Waals surface area contributed by atoms with Crippen molar-refractivity contribution in [1.29, 1.82) is 0 Å². The minimum Gasteiger partial charge on any atom is -0.350 e. The van der Waals surface area contributed by atoms with Crippen LogP contribution in [0.15, 0.2) is 67.0 Å². The average Bonchev–Trinajstić information content (AvgIpc) is 3.15. The minimum atomic E-state index is -0.312. The molecular weight excluding hydrogens is 426 g/mol. The number of nitrogens with one attached hydrogen (secondary N) is 2. The van der Waals surface area contributed by atoms with E-state index in [1.54, 1.807) is 56.7 Å². The van der Waals surface area contributed by atoms with Gasteiger partial charge in [-0.3, -0.25) is 9.59 Å². The smallest absolute Gasteiger partial charge is 0.259 e. The quantitative estimate of drug-likeness (QED) is 0.455. The van der Waals surface area contributed by atoms with E-state index in [1.807, 2.05) is 36.0 Å². The van der Waals surface area contributed by atoms with Crippen LogP contribution >= 0.6 is 11.6 Å². The normalized spacial score (nSPS) is 10.8. The van der Waals surface area contributed by atoms with Crippen molar-refractivity contribution in [2.75, 3.05) is 24.7 Å². The van der Waals surface area contributed by atoms with E-state index in [-0.39, 0.29) is 11.8 Å².